The summed E-state index contributed by atoms with van der Waals surface area (Å²) in [6.07, 6.45) is 6.20. The van der Waals surface area contributed by atoms with Crippen LogP contribution in [0.3, 0.4) is 0 Å². The van der Waals surface area contributed by atoms with E-state index in [1.54, 1.807) is 37.3 Å². The summed E-state index contributed by atoms with van der Waals surface area (Å²) in [5.74, 6) is -1.98. The van der Waals surface area contributed by atoms with Crippen LogP contribution in [0.4, 0.5) is 0 Å². The SMILES string of the molecule is COc1cc([C@@H]2CC(=O)Oc3cc4c(c(O)c32)C(=O)O[C@@H](C)CCCC(=O)CCCC=C4)ccc1OCC(N)=O. The zero-order valence-corrected chi connectivity index (χ0v) is 22.6. The van der Waals surface area contributed by atoms with Crippen molar-refractivity contribution in [3.8, 4) is 23.0 Å². The highest BCUT2D eigenvalue weighted by Gasteiger charge is 2.36. The summed E-state index contributed by atoms with van der Waals surface area (Å²) in [5, 5.41) is 11.5. The van der Waals surface area contributed by atoms with Crippen LogP contribution in [-0.4, -0.2) is 48.6 Å². The van der Waals surface area contributed by atoms with Gasteiger partial charge in [0.15, 0.2) is 18.1 Å². The summed E-state index contributed by atoms with van der Waals surface area (Å²) in [7, 11) is 1.43. The number of phenols is 1. The van der Waals surface area contributed by atoms with Crippen molar-refractivity contribution in [3.05, 3.63) is 52.6 Å². The van der Waals surface area contributed by atoms with Gasteiger partial charge in [-0.3, -0.25) is 14.4 Å². The lowest BCUT2D eigenvalue weighted by molar-refractivity contribution is -0.135. The number of allylic oxidation sites excluding steroid dienone is 1. The smallest absolute Gasteiger partial charge is 0.342 e. The second kappa shape index (κ2) is 12.7. The van der Waals surface area contributed by atoms with Crippen LogP contribution in [0.15, 0.2) is 30.3 Å². The molecule has 0 aliphatic carbocycles. The lowest BCUT2D eigenvalue weighted by Gasteiger charge is -2.28. The van der Waals surface area contributed by atoms with Crippen molar-refractivity contribution in [2.75, 3.05) is 13.7 Å². The molecular weight excluding hydrogens is 518 g/mol. The molecule has 2 aromatic rings. The molecule has 0 saturated carbocycles. The zero-order chi connectivity index (χ0) is 28.8. The standard InChI is InChI=1S/C30H33NO9/c1-17-7-6-10-20(32)9-5-3-4-8-19-14-24-28(29(35)27(19)30(36)39-17)21(15-26(34)40-24)18-11-12-22(23(13-18)37-2)38-16-25(31)33/h4,8,11-14,17,21,35H,3,5-7,9-10,15-16H2,1-2H3,(H2,31,33)/t17-,21-/m0/s1. The van der Waals surface area contributed by atoms with Crippen molar-refractivity contribution in [1.29, 1.82) is 0 Å². The van der Waals surface area contributed by atoms with Gasteiger partial charge in [-0.1, -0.05) is 18.2 Å². The number of amides is 1. The number of benzene rings is 2. The third kappa shape index (κ3) is 6.62. The molecule has 2 atom stereocenters. The highest BCUT2D eigenvalue weighted by molar-refractivity contribution is 5.98. The Morgan fingerprint density at radius 2 is 1.90 bits per heavy atom. The number of hydrogen-bond acceptors (Lipinski definition) is 9. The van der Waals surface area contributed by atoms with Crippen LogP contribution < -0.4 is 19.9 Å². The van der Waals surface area contributed by atoms with E-state index >= 15 is 0 Å². The van der Waals surface area contributed by atoms with Gasteiger partial charge >= 0.3 is 11.9 Å². The van der Waals surface area contributed by atoms with Crippen molar-refractivity contribution >= 4 is 29.7 Å². The number of carbonyl (C=O) groups is 4. The van der Waals surface area contributed by atoms with Crippen molar-refractivity contribution in [2.45, 2.75) is 63.9 Å². The van der Waals surface area contributed by atoms with Crippen molar-refractivity contribution < 1.29 is 43.2 Å². The fourth-order valence-electron chi connectivity index (χ4n) is 4.97. The quantitative estimate of drug-likeness (QED) is 0.412. The Morgan fingerprint density at radius 3 is 2.65 bits per heavy atom. The van der Waals surface area contributed by atoms with Crippen molar-refractivity contribution in [2.24, 2.45) is 5.73 Å². The summed E-state index contributed by atoms with van der Waals surface area (Å²) in [6, 6.07) is 6.45. The fourth-order valence-corrected chi connectivity index (χ4v) is 4.97. The van der Waals surface area contributed by atoms with Gasteiger partial charge in [0.1, 0.15) is 22.8 Å². The molecule has 212 valence electrons. The number of methoxy groups -OCH3 is 1. The molecule has 0 aromatic heterocycles. The first-order chi connectivity index (χ1) is 19.2. The molecule has 40 heavy (non-hydrogen) atoms. The number of phenolic OH excluding ortho intramolecular Hbond substituents is 1. The van der Waals surface area contributed by atoms with E-state index in [0.717, 1.165) is 0 Å². The maximum atomic E-state index is 13.4. The molecule has 1 amide bonds. The lowest BCUT2D eigenvalue weighted by atomic mass is 9.83. The van der Waals surface area contributed by atoms with E-state index in [4.69, 9.17) is 24.7 Å². The minimum absolute atomic E-state index is 0.0219. The average Bonchev–Trinajstić information content (AvgIpc) is 2.90. The number of aromatic hydroxyl groups is 1. The molecule has 2 heterocycles. The van der Waals surface area contributed by atoms with E-state index in [1.165, 1.54) is 7.11 Å². The number of Topliss-reactive ketones (excluding diaryl/α,β-unsaturated/α-hetero) is 1. The Hall–Kier alpha value is -4.34. The molecule has 2 aliphatic rings. The molecule has 0 bridgehead atoms. The van der Waals surface area contributed by atoms with Crippen LogP contribution in [0.2, 0.25) is 0 Å². The maximum Gasteiger partial charge on any atom is 0.342 e. The molecule has 10 nitrogen and oxygen atoms in total. The number of primary amides is 1. The molecule has 2 aromatic carbocycles. The predicted octanol–water partition coefficient (Wildman–Crippen LogP) is 4.19. The normalized spacial score (nSPS) is 19.9. The molecular formula is C30H33NO9. The molecule has 0 saturated heterocycles. The monoisotopic (exact) mass is 551 g/mol. The number of ketones is 1. The van der Waals surface area contributed by atoms with Gasteiger partial charge in [0, 0.05) is 24.3 Å². The van der Waals surface area contributed by atoms with E-state index in [9.17, 15) is 24.3 Å². The molecule has 0 unspecified atom stereocenters. The minimum atomic E-state index is -0.709. The topological polar surface area (TPSA) is 151 Å². The number of esters is 2. The summed E-state index contributed by atoms with van der Waals surface area (Å²) >= 11 is 0. The first-order valence-electron chi connectivity index (χ1n) is 13.3. The minimum Gasteiger partial charge on any atom is -0.507 e. The van der Waals surface area contributed by atoms with E-state index in [2.05, 4.69) is 0 Å². The number of fused-ring (bicyclic) bond motifs is 2. The van der Waals surface area contributed by atoms with E-state index in [0.29, 0.717) is 55.4 Å². The lowest BCUT2D eigenvalue weighted by Crippen LogP contribution is -2.23. The highest BCUT2D eigenvalue weighted by atomic mass is 16.5. The van der Waals surface area contributed by atoms with Gasteiger partial charge in [-0.2, -0.15) is 0 Å². The first kappa shape index (κ1) is 28.7. The summed E-state index contributed by atoms with van der Waals surface area (Å²) in [4.78, 5) is 49.3. The molecule has 0 fully saturated rings. The maximum absolute atomic E-state index is 13.4. The number of hydrogen-bond donors (Lipinski definition) is 2. The van der Waals surface area contributed by atoms with Crippen molar-refractivity contribution in [1.82, 2.24) is 0 Å². The first-order valence-corrected chi connectivity index (χ1v) is 13.3. The van der Waals surface area contributed by atoms with Crippen LogP contribution in [0.25, 0.3) is 6.08 Å². The zero-order valence-electron chi connectivity index (χ0n) is 22.6. The van der Waals surface area contributed by atoms with Gasteiger partial charge in [0.05, 0.1) is 19.6 Å². The van der Waals surface area contributed by atoms with Crippen LogP contribution >= 0.6 is 0 Å². The Bertz CT molecular complexity index is 1350. The van der Waals surface area contributed by atoms with Crippen LogP contribution in [0.5, 0.6) is 23.0 Å². The Balaban J connectivity index is 1.78. The highest BCUT2D eigenvalue weighted by Crippen LogP contribution is 2.48. The van der Waals surface area contributed by atoms with Crippen molar-refractivity contribution in [3.63, 3.8) is 0 Å². The third-order valence-electron chi connectivity index (χ3n) is 6.94. The van der Waals surface area contributed by atoms with Gasteiger partial charge in [-0.25, -0.2) is 4.79 Å². The largest absolute Gasteiger partial charge is 0.507 e. The fraction of sp³-hybridized carbons (Fsp3) is 0.400. The summed E-state index contributed by atoms with van der Waals surface area (Å²) < 4.78 is 22.0. The van der Waals surface area contributed by atoms with Gasteiger partial charge in [0.25, 0.3) is 5.91 Å². The van der Waals surface area contributed by atoms with E-state index in [1.807, 2.05) is 6.08 Å². The molecule has 2 aliphatic heterocycles. The number of ether oxygens (including phenoxy) is 4. The van der Waals surface area contributed by atoms with Gasteiger partial charge < -0.3 is 29.8 Å². The predicted molar refractivity (Wildman–Crippen MR) is 145 cm³/mol. The van der Waals surface area contributed by atoms with Crippen LogP contribution in [0.1, 0.15) is 84.8 Å². The van der Waals surface area contributed by atoms with Gasteiger partial charge in [-0.05, 0) is 61.9 Å². The Kier molecular flexibility index (Phi) is 9.08. The van der Waals surface area contributed by atoms with Crippen LogP contribution in [0, 0.1) is 0 Å². The number of carbonyl (C=O) groups excluding carboxylic acids is 4. The number of rotatable bonds is 5. The second-order valence-electron chi connectivity index (χ2n) is 9.94. The van der Waals surface area contributed by atoms with E-state index in [-0.39, 0.29) is 47.2 Å². The molecule has 10 heteroatoms. The average molecular weight is 552 g/mol. The van der Waals surface area contributed by atoms with Gasteiger partial charge in [0.2, 0.25) is 0 Å². The molecule has 0 radical (unpaired) electrons. The summed E-state index contributed by atoms with van der Waals surface area (Å²) in [5.41, 5.74) is 6.37. The van der Waals surface area contributed by atoms with Gasteiger partial charge in [-0.15, -0.1) is 0 Å². The van der Waals surface area contributed by atoms with Crippen LogP contribution in [-0.2, 0) is 19.1 Å². The number of nitrogens with two attached hydrogens (primary N) is 1. The van der Waals surface area contributed by atoms with E-state index < -0.39 is 29.9 Å². The third-order valence-corrected chi connectivity index (χ3v) is 6.94. The summed E-state index contributed by atoms with van der Waals surface area (Å²) in [6.45, 7) is 1.41. The second-order valence-corrected chi connectivity index (χ2v) is 9.94. The molecule has 4 rings (SSSR count). The Labute approximate surface area is 232 Å². The molecule has 3 N–H and O–H groups in total. The number of cyclic esters (lactones) is 1. The Morgan fingerprint density at radius 1 is 1.12 bits per heavy atom. The molecule has 0 spiro atoms.